The summed E-state index contributed by atoms with van der Waals surface area (Å²) >= 11 is 0. The summed E-state index contributed by atoms with van der Waals surface area (Å²) in [6, 6.07) is 1.88. The van der Waals surface area contributed by atoms with E-state index in [1.165, 1.54) is 0 Å². The zero-order valence-corrected chi connectivity index (χ0v) is 8.66. The predicted octanol–water partition coefficient (Wildman–Crippen LogP) is 1.82. The minimum atomic E-state index is 0.0330. The Balaban J connectivity index is 2.90. The lowest BCUT2D eigenvalue weighted by atomic mass is 10.1. The minimum Gasteiger partial charge on any atom is -0.293 e. The summed E-state index contributed by atoms with van der Waals surface area (Å²) in [5, 5.41) is 4.13. The van der Waals surface area contributed by atoms with Gasteiger partial charge < -0.3 is 0 Å². The van der Waals surface area contributed by atoms with Gasteiger partial charge in [0.15, 0.2) is 5.78 Å². The molecule has 1 rings (SSSR count). The van der Waals surface area contributed by atoms with Crippen LogP contribution >= 0.6 is 0 Å². The summed E-state index contributed by atoms with van der Waals surface area (Å²) in [7, 11) is 1.88. The Bertz CT molecular complexity index is 313. The fourth-order valence-corrected chi connectivity index (χ4v) is 1.29. The van der Waals surface area contributed by atoms with Crippen LogP contribution in [0.5, 0.6) is 0 Å². The molecule has 0 aromatic carbocycles. The summed E-state index contributed by atoms with van der Waals surface area (Å²) in [6.07, 6.45) is 0.969. The van der Waals surface area contributed by atoms with Crippen molar-refractivity contribution in [1.29, 1.82) is 0 Å². The van der Waals surface area contributed by atoms with Crippen LogP contribution in [0.2, 0.25) is 0 Å². The number of hydrogen-bond acceptors (Lipinski definition) is 2. The van der Waals surface area contributed by atoms with Crippen molar-refractivity contribution in [2.45, 2.75) is 27.2 Å². The average Bonchev–Trinajstić information content (AvgIpc) is 2.31. The highest BCUT2D eigenvalue weighted by atomic mass is 16.1. The zero-order chi connectivity index (χ0) is 10.0. The molecule has 1 aromatic heterocycles. The first kappa shape index (κ1) is 9.96. The van der Waals surface area contributed by atoms with Gasteiger partial charge >= 0.3 is 0 Å². The van der Waals surface area contributed by atoms with E-state index < -0.39 is 0 Å². The molecule has 0 saturated carbocycles. The van der Waals surface area contributed by atoms with Crippen LogP contribution in [0.15, 0.2) is 6.07 Å². The Morgan fingerprint density at radius 3 is 2.62 bits per heavy atom. The third kappa shape index (κ3) is 2.41. The van der Waals surface area contributed by atoms with Crippen molar-refractivity contribution in [3.05, 3.63) is 17.5 Å². The molecule has 0 unspecified atom stereocenters. The molecule has 0 fully saturated rings. The first-order valence-corrected chi connectivity index (χ1v) is 4.54. The number of aromatic nitrogens is 2. The van der Waals surface area contributed by atoms with Crippen molar-refractivity contribution in [3.8, 4) is 0 Å². The van der Waals surface area contributed by atoms with Gasteiger partial charge in [-0.25, -0.2) is 0 Å². The van der Waals surface area contributed by atoms with Gasteiger partial charge in [0, 0.05) is 19.7 Å². The van der Waals surface area contributed by atoms with Gasteiger partial charge in [-0.15, -0.1) is 0 Å². The lowest BCUT2D eigenvalue weighted by Crippen LogP contribution is -2.02. The molecule has 0 saturated heterocycles. The quantitative estimate of drug-likeness (QED) is 0.665. The van der Waals surface area contributed by atoms with Crippen molar-refractivity contribution in [2.24, 2.45) is 13.0 Å². The molecule has 0 aliphatic rings. The smallest absolute Gasteiger partial charge is 0.179 e. The average molecular weight is 180 g/mol. The van der Waals surface area contributed by atoms with Crippen molar-refractivity contribution in [1.82, 2.24) is 9.78 Å². The van der Waals surface area contributed by atoms with Crippen LogP contribution in [-0.2, 0) is 13.5 Å². The highest BCUT2D eigenvalue weighted by Crippen LogP contribution is 2.09. The van der Waals surface area contributed by atoms with E-state index in [-0.39, 0.29) is 5.78 Å². The predicted molar refractivity (Wildman–Crippen MR) is 51.8 cm³/mol. The number of rotatable bonds is 3. The van der Waals surface area contributed by atoms with E-state index >= 15 is 0 Å². The number of hydrogen-bond donors (Lipinski definition) is 0. The van der Waals surface area contributed by atoms with Crippen LogP contribution in [-0.4, -0.2) is 15.6 Å². The minimum absolute atomic E-state index is 0.0330. The van der Waals surface area contributed by atoms with Crippen LogP contribution in [0.4, 0.5) is 0 Å². The van der Waals surface area contributed by atoms with Crippen LogP contribution in [0.25, 0.3) is 0 Å². The van der Waals surface area contributed by atoms with E-state index in [4.69, 9.17) is 0 Å². The van der Waals surface area contributed by atoms with Crippen molar-refractivity contribution in [3.63, 3.8) is 0 Å². The van der Waals surface area contributed by atoms with E-state index in [0.29, 0.717) is 11.6 Å². The maximum atomic E-state index is 11.0. The molecule has 0 aliphatic heterocycles. The van der Waals surface area contributed by atoms with Gasteiger partial charge in [-0.1, -0.05) is 13.8 Å². The second kappa shape index (κ2) is 3.73. The Kier molecular flexibility index (Phi) is 2.86. The SMILES string of the molecule is CC(=O)c1cc(CC(C)C)n(C)n1. The van der Waals surface area contributed by atoms with E-state index in [2.05, 4.69) is 18.9 Å². The third-order valence-corrected chi connectivity index (χ3v) is 1.95. The maximum Gasteiger partial charge on any atom is 0.179 e. The number of carbonyl (C=O) groups excluding carboxylic acids is 1. The molecule has 72 valence electrons. The third-order valence-electron chi connectivity index (χ3n) is 1.95. The summed E-state index contributed by atoms with van der Waals surface area (Å²) in [5.41, 5.74) is 1.69. The molecule has 0 atom stereocenters. The number of ketones is 1. The maximum absolute atomic E-state index is 11.0. The van der Waals surface area contributed by atoms with Crippen molar-refractivity contribution < 1.29 is 4.79 Å². The van der Waals surface area contributed by atoms with E-state index in [1.807, 2.05) is 13.1 Å². The normalized spacial score (nSPS) is 10.8. The lowest BCUT2D eigenvalue weighted by Gasteiger charge is -2.03. The van der Waals surface area contributed by atoms with Crippen LogP contribution in [0, 0.1) is 5.92 Å². The largest absolute Gasteiger partial charge is 0.293 e. The number of aryl methyl sites for hydroxylation is 1. The Morgan fingerprint density at radius 2 is 2.23 bits per heavy atom. The van der Waals surface area contributed by atoms with Crippen molar-refractivity contribution >= 4 is 5.78 Å². The fraction of sp³-hybridized carbons (Fsp3) is 0.600. The van der Waals surface area contributed by atoms with Crippen LogP contribution in [0.3, 0.4) is 0 Å². The molecular formula is C10H16N2O. The summed E-state index contributed by atoms with van der Waals surface area (Å²) in [4.78, 5) is 11.0. The highest BCUT2D eigenvalue weighted by molar-refractivity contribution is 5.92. The Hall–Kier alpha value is -1.12. The monoisotopic (exact) mass is 180 g/mol. The summed E-state index contributed by atoms with van der Waals surface area (Å²) < 4.78 is 1.79. The molecule has 0 N–H and O–H groups in total. The Labute approximate surface area is 78.8 Å². The molecule has 1 aromatic rings. The molecule has 1 heterocycles. The van der Waals surface area contributed by atoms with Gasteiger partial charge in [0.25, 0.3) is 0 Å². The second-order valence-corrected chi connectivity index (χ2v) is 3.80. The molecule has 13 heavy (non-hydrogen) atoms. The van der Waals surface area contributed by atoms with E-state index in [0.717, 1.165) is 12.1 Å². The molecule has 0 amide bonds. The summed E-state index contributed by atoms with van der Waals surface area (Å²) in [6.45, 7) is 5.85. The molecule has 3 heteroatoms. The molecular weight excluding hydrogens is 164 g/mol. The molecule has 0 aliphatic carbocycles. The first-order chi connectivity index (χ1) is 6.00. The number of Topliss-reactive ketones (excluding diaryl/α,β-unsaturated/α-hetero) is 1. The van der Waals surface area contributed by atoms with E-state index in [1.54, 1.807) is 11.6 Å². The van der Waals surface area contributed by atoms with Gasteiger partial charge in [-0.05, 0) is 18.4 Å². The lowest BCUT2D eigenvalue weighted by molar-refractivity contribution is 0.101. The topological polar surface area (TPSA) is 34.9 Å². The van der Waals surface area contributed by atoms with Gasteiger partial charge in [0.2, 0.25) is 0 Å². The van der Waals surface area contributed by atoms with Gasteiger partial charge in [-0.2, -0.15) is 5.10 Å². The molecule has 0 bridgehead atoms. The standard InChI is InChI=1S/C10H16N2O/c1-7(2)5-9-6-10(8(3)13)11-12(9)4/h6-7H,5H2,1-4H3. The zero-order valence-electron chi connectivity index (χ0n) is 8.66. The second-order valence-electron chi connectivity index (χ2n) is 3.80. The van der Waals surface area contributed by atoms with Crippen LogP contribution in [0.1, 0.15) is 37.0 Å². The van der Waals surface area contributed by atoms with Crippen LogP contribution < -0.4 is 0 Å². The van der Waals surface area contributed by atoms with Crippen molar-refractivity contribution in [2.75, 3.05) is 0 Å². The molecule has 3 nitrogen and oxygen atoms in total. The van der Waals surface area contributed by atoms with Gasteiger partial charge in [0.1, 0.15) is 5.69 Å². The molecule has 0 spiro atoms. The van der Waals surface area contributed by atoms with Gasteiger partial charge in [-0.3, -0.25) is 9.48 Å². The van der Waals surface area contributed by atoms with E-state index in [9.17, 15) is 4.79 Å². The van der Waals surface area contributed by atoms with Gasteiger partial charge in [0.05, 0.1) is 0 Å². The Morgan fingerprint density at radius 1 is 1.62 bits per heavy atom. The number of nitrogens with zero attached hydrogens (tertiary/aromatic N) is 2. The number of carbonyl (C=O) groups is 1. The fourth-order valence-electron chi connectivity index (χ4n) is 1.29. The molecule has 0 radical (unpaired) electrons. The highest BCUT2D eigenvalue weighted by Gasteiger charge is 2.09. The first-order valence-electron chi connectivity index (χ1n) is 4.54. The summed E-state index contributed by atoms with van der Waals surface area (Å²) in [5.74, 6) is 0.626.